The van der Waals surface area contributed by atoms with Crippen LogP contribution in [0.25, 0.3) is 17.2 Å². The maximum Gasteiger partial charge on any atom is 0.407 e. The number of nitrogens with one attached hydrogen (secondary N) is 1. The summed E-state index contributed by atoms with van der Waals surface area (Å²) in [4.78, 5) is 16.0. The number of aromatic nitrogens is 1. The smallest absolute Gasteiger partial charge is 0.407 e. The Morgan fingerprint density at radius 1 is 1.07 bits per heavy atom. The topological polar surface area (TPSA) is 51.2 Å². The van der Waals surface area contributed by atoms with Crippen LogP contribution in [0.1, 0.15) is 22.6 Å². The fourth-order valence-electron chi connectivity index (χ4n) is 3.51. The Bertz CT molecular complexity index is 987. The Hall–Kier alpha value is -3.11. The molecule has 4 rings (SSSR count). The summed E-state index contributed by atoms with van der Waals surface area (Å²) in [5.41, 5.74) is 5.75. The molecule has 1 N–H and O–H groups in total. The van der Waals surface area contributed by atoms with Crippen LogP contribution in [0.2, 0.25) is 5.15 Å². The predicted molar refractivity (Wildman–Crippen MR) is 111 cm³/mol. The van der Waals surface area contributed by atoms with Crippen LogP contribution in [0.5, 0.6) is 0 Å². The van der Waals surface area contributed by atoms with Crippen molar-refractivity contribution in [3.8, 4) is 11.1 Å². The molecule has 3 aromatic rings. The molecule has 1 aliphatic rings. The van der Waals surface area contributed by atoms with E-state index in [4.69, 9.17) is 16.3 Å². The number of rotatable bonds is 5. The van der Waals surface area contributed by atoms with Gasteiger partial charge in [0.05, 0.1) is 0 Å². The molecule has 0 saturated carbocycles. The average molecular weight is 391 g/mol. The summed E-state index contributed by atoms with van der Waals surface area (Å²) in [6, 6.07) is 20.1. The lowest BCUT2D eigenvalue weighted by Gasteiger charge is -2.14. The quantitative estimate of drug-likeness (QED) is 0.602. The van der Waals surface area contributed by atoms with E-state index >= 15 is 0 Å². The number of pyridine rings is 1. The molecule has 140 valence electrons. The van der Waals surface area contributed by atoms with Gasteiger partial charge in [-0.25, -0.2) is 9.78 Å². The first-order chi connectivity index (χ1) is 13.7. The van der Waals surface area contributed by atoms with Gasteiger partial charge in [0.1, 0.15) is 11.8 Å². The van der Waals surface area contributed by atoms with Gasteiger partial charge in [0.25, 0.3) is 0 Å². The van der Waals surface area contributed by atoms with Crippen LogP contribution >= 0.6 is 11.6 Å². The zero-order valence-corrected chi connectivity index (χ0v) is 15.9. The van der Waals surface area contributed by atoms with E-state index in [9.17, 15) is 4.79 Å². The van der Waals surface area contributed by atoms with Crippen molar-refractivity contribution in [1.82, 2.24) is 10.3 Å². The van der Waals surface area contributed by atoms with Gasteiger partial charge in [0, 0.05) is 18.7 Å². The first kappa shape index (κ1) is 18.3. The number of carbonyl (C=O) groups excluding carboxylic acids is 1. The number of carbonyl (C=O) groups is 1. The molecule has 1 heterocycles. The second-order valence-electron chi connectivity index (χ2n) is 6.52. The lowest BCUT2D eigenvalue weighted by atomic mass is 9.98. The van der Waals surface area contributed by atoms with Gasteiger partial charge in [-0.2, -0.15) is 0 Å². The van der Waals surface area contributed by atoms with Crippen LogP contribution < -0.4 is 5.32 Å². The molecule has 2 aromatic carbocycles. The SMILES string of the molecule is O=C(NCC=Cc1ccnc(Cl)c1)OCC1c2ccccc2-c2ccccc21. The third-order valence-electron chi connectivity index (χ3n) is 4.77. The van der Waals surface area contributed by atoms with Crippen molar-refractivity contribution in [3.63, 3.8) is 0 Å². The highest BCUT2D eigenvalue weighted by molar-refractivity contribution is 6.29. The van der Waals surface area contributed by atoms with E-state index in [1.165, 1.54) is 22.3 Å². The number of hydrogen-bond donors (Lipinski definition) is 1. The van der Waals surface area contributed by atoms with Gasteiger partial charge in [-0.05, 0) is 39.9 Å². The minimum atomic E-state index is -0.431. The minimum Gasteiger partial charge on any atom is -0.449 e. The highest BCUT2D eigenvalue weighted by Gasteiger charge is 2.28. The third kappa shape index (κ3) is 3.92. The van der Waals surface area contributed by atoms with Gasteiger partial charge in [-0.15, -0.1) is 0 Å². The minimum absolute atomic E-state index is 0.0626. The van der Waals surface area contributed by atoms with Crippen LogP contribution in [-0.2, 0) is 4.74 Å². The number of alkyl carbamates (subject to hydrolysis) is 1. The van der Waals surface area contributed by atoms with Crippen molar-refractivity contribution < 1.29 is 9.53 Å². The number of fused-ring (bicyclic) bond motifs is 3. The maximum atomic E-state index is 12.1. The van der Waals surface area contributed by atoms with Gasteiger partial charge >= 0.3 is 6.09 Å². The Morgan fingerprint density at radius 2 is 1.75 bits per heavy atom. The zero-order chi connectivity index (χ0) is 19.3. The number of halogens is 1. The van der Waals surface area contributed by atoms with Crippen molar-refractivity contribution in [2.24, 2.45) is 0 Å². The highest BCUT2D eigenvalue weighted by Crippen LogP contribution is 2.44. The second-order valence-corrected chi connectivity index (χ2v) is 6.91. The van der Waals surface area contributed by atoms with Crippen LogP contribution in [0.4, 0.5) is 4.79 Å². The standard InChI is InChI=1S/C23H19ClN2O2/c24-22-14-16(11-13-25-22)6-5-12-26-23(27)28-15-21-19-9-3-1-7-17(19)18-8-2-4-10-20(18)21/h1-11,13-14,21H,12,15H2,(H,26,27). The Labute approximate surface area is 168 Å². The molecule has 1 amide bonds. The summed E-state index contributed by atoms with van der Waals surface area (Å²) in [5.74, 6) is 0.0626. The van der Waals surface area contributed by atoms with Crippen molar-refractivity contribution in [2.45, 2.75) is 5.92 Å². The molecule has 0 spiro atoms. The summed E-state index contributed by atoms with van der Waals surface area (Å²) in [6.07, 6.45) is 4.92. The first-order valence-electron chi connectivity index (χ1n) is 9.09. The van der Waals surface area contributed by atoms with Crippen molar-refractivity contribution in [3.05, 3.63) is 94.8 Å². The summed E-state index contributed by atoms with van der Waals surface area (Å²) in [6.45, 7) is 0.681. The van der Waals surface area contributed by atoms with E-state index in [1.807, 2.05) is 42.5 Å². The predicted octanol–water partition coefficient (Wildman–Crippen LogP) is 5.29. The van der Waals surface area contributed by atoms with Crippen molar-refractivity contribution >= 4 is 23.8 Å². The molecule has 0 aliphatic heterocycles. The van der Waals surface area contributed by atoms with Gasteiger partial charge < -0.3 is 10.1 Å². The second kappa shape index (κ2) is 8.28. The van der Waals surface area contributed by atoms with Crippen LogP contribution in [0, 0.1) is 0 Å². The van der Waals surface area contributed by atoms with E-state index in [0.717, 1.165) is 5.56 Å². The van der Waals surface area contributed by atoms with Crippen LogP contribution in [0.3, 0.4) is 0 Å². The third-order valence-corrected chi connectivity index (χ3v) is 4.98. The molecule has 5 heteroatoms. The Kier molecular flexibility index (Phi) is 5.40. The van der Waals surface area contributed by atoms with Gasteiger partial charge in [0.2, 0.25) is 0 Å². The molecule has 0 radical (unpaired) electrons. The maximum absolute atomic E-state index is 12.1. The molecular weight excluding hydrogens is 372 g/mol. The normalized spacial score (nSPS) is 12.6. The zero-order valence-electron chi connectivity index (χ0n) is 15.1. The summed E-state index contributed by atoms with van der Waals surface area (Å²) < 4.78 is 5.50. The molecule has 0 bridgehead atoms. The molecule has 0 fully saturated rings. The average Bonchev–Trinajstić information content (AvgIpc) is 3.04. The summed E-state index contributed by atoms with van der Waals surface area (Å²) >= 11 is 5.85. The molecule has 4 nitrogen and oxygen atoms in total. The largest absolute Gasteiger partial charge is 0.449 e. The van der Waals surface area contributed by atoms with Crippen LogP contribution in [0.15, 0.2) is 72.9 Å². The molecular formula is C23H19ClN2O2. The highest BCUT2D eigenvalue weighted by atomic mass is 35.5. The first-order valence-corrected chi connectivity index (χ1v) is 9.47. The number of hydrogen-bond acceptors (Lipinski definition) is 3. The van der Waals surface area contributed by atoms with Gasteiger partial charge in [-0.1, -0.05) is 72.3 Å². The Balaban J connectivity index is 1.34. The molecule has 0 saturated heterocycles. The molecule has 1 aromatic heterocycles. The fourth-order valence-corrected chi connectivity index (χ4v) is 3.69. The van der Waals surface area contributed by atoms with Crippen LogP contribution in [-0.4, -0.2) is 24.2 Å². The van der Waals surface area contributed by atoms with E-state index in [0.29, 0.717) is 18.3 Å². The van der Waals surface area contributed by atoms with E-state index in [2.05, 4.69) is 34.6 Å². The lowest BCUT2D eigenvalue weighted by molar-refractivity contribution is 0.144. The number of nitrogens with zero attached hydrogens (tertiary/aromatic N) is 1. The summed E-state index contributed by atoms with van der Waals surface area (Å²) in [7, 11) is 0. The number of ether oxygens (including phenoxy) is 1. The van der Waals surface area contributed by atoms with Crippen molar-refractivity contribution in [1.29, 1.82) is 0 Å². The molecule has 1 aliphatic carbocycles. The monoisotopic (exact) mass is 390 g/mol. The summed E-state index contributed by atoms with van der Waals surface area (Å²) in [5, 5.41) is 3.18. The van der Waals surface area contributed by atoms with E-state index in [1.54, 1.807) is 12.3 Å². The molecule has 28 heavy (non-hydrogen) atoms. The lowest BCUT2D eigenvalue weighted by Crippen LogP contribution is -2.26. The number of benzene rings is 2. The Morgan fingerprint density at radius 3 is 2.43 bits per heavy atom. The van der Waals surface area contributed by atoms with E-state index in [-0.39, 0.29) is 5.92 Å². The van der Waals surface area contributed by atoms with Gasteiger partial charge in [0.15, 0.2) is 0 Å². The fraction of sp³-hybridized carbons (Fsp3) is 0.130. The van der Waals surface area contributed by atoms with Crippen molar-refractivity contribution in [2.75, 3.05) is 13.2 Å². The van der Waals surface area contributed by atoms with E-state index < -0.39 is 6.09 Å². The number of amides is 1. The molecule has 0 atom stereocenters. The molecule has 0 unspecified atom stereocenters. The van der Waals surface area contributed by atoms with Gasteiger partial charge in [-0.3, -0.25) is 0 Å².